The van der Waals surface area contributed by atoms with E-state index in [-0.39, 0.29) is 5.91 Å². The maximum absolute atomic E-state index is 12.1. The second kappa shape index (κ2) is 4.02. The Labute approximate surface area is 105 Å². The lowest BCUT2D eigenvalue weighted by Gasteiger charge is -2.18. The zero-order valence-electron chi connectivity index (χ0n) is 10.1. The van der Waals surface area contributed by atoms with Crippen LogP contribution in [0, 0.1) is 5.92 Å². The number of rotatable bonds is 2. The van der Waals surface area contributed by atoms with E-state index in [1.165, 1.54) is 16.9 Å². The summed E-state index contributed by atoms with van der Waals surface area (Å²) >= 11 is 1.61. The van der Waals surface area contributed by atoms with Crippen molar-refractivity contribution >= 4 is 22.2 Å². The molecular weight excluding hydrogens is 232 g/mol. The lowest BCUT2D eigenvalue weighted by Crippen LogP contribution is -2.27. The molecular formula is C13H18N2OS. The van der Waals surface area contributed by atoms with E-state index in [1.54, 1.807) is 11.3 Å². The van der Waals surface area contributed by atoms with Crippen molar-refractivity contribution in [3.63, 3.8) is 0 Å². The first-order valence-electron chi connectivity index (χ1n) is 6.36. The average Bonchev–Trinajstić information content (AvgIpc) is 2.99. The minimum Gasteiger partial charge on any atom is -0.390 e. The largest absolute Gasteiger partial charge is 0.390 e. The molecule has 1 amide bonds. The average molecular weight is 250 g/mol. The number of hydrogen-bond acceptors (Lipinski definition) is 3. The Kier molecular flexibility index (Phi) is 2.62. The van der Waals surface area contributed by atoms with Gasteiger partial charge in [0.15, 0.2) is 0 Å². The van der Waals surface area contributed by atoms with Gasteiger partial charge in [0.25, 0.3) is 5.91 Å². The van der Waals surface area contributed by atoms with Crippen LogP contribution in [0.4, 0.5) is 5.00 Å². The van der Waals surface area contributed by atoms with Crippen LogP contribution in [-0.4, -0.2) is 11.9 Å². The third kappa shape index (κ3) is 2.06. The molecule has 2 aliphatic carbocycles. The van der Waals surface area contributed by atoms with E-state index >= 15 is 0 Å². The molecule has 0 bridgehead atoms. The standard InChI is InChI=1S/C13H18N2OS/c1-7-2-5-9-10(6-7)17-12(14)11(9)13(16)15-8-3-4-8/h7-8H,2-6,14H2,1H3,(H,15,16)/t7-/m0/s1. The highest BCUT2D eigenvalue weighted by Gasteiger charge is 2.29. The van der Waals surface area contributed by atoms with Gasteiger partial charge < -0.3 is 11.1 Å². The number of anilines is 1. The Bertz CT molecular complexity index is 462. The predicted molar refractivity (Wildman–Crippen MR) is 70.4 cm³/mol. The molecule has 1 heterocycles. The van der Waals surface area contributed by atoms with Gasteiger partial charge in [-0.25, -0.2) is 0 Å². The van der Waals surface area contributed by atoms with Crippen molar-refractivity contribution in [2.75, 3.05) is 5.73 Å². The molecule has 3 rings (SSSR count). The molecule has 0 radical (unpaired) electrons. The number of carbonyl (C=O) groups excluding carboxylic acids is 1. The summed E-state index contributed by atoms with van der Waals surface area (Å²) < 4.78 is 0. The van der Waals surface area contributed by atoms with Crippen molar-refractivity contribution in [3.8, 4) is 0 Å². The van der Waals surface area contributed by atoms with E-state index in [0.717, 1.165) is 37.2 Å². The first-order chi connectivity index (χ1) is 8.15. The highest BCUT2D eigenvalue weighted by molar-refractivity contribution is 7.16. The first-order valence-corrected chi connectivity index (χ1v) is 7.17. The molecule has 17 heavy (non-hydrogen) atoms. The van der Waals surface area contributed by atoms with E-state index in [1.807, 2.05) is 0 Å². The second-order valence-corrected chi connectivity index (χ2v) is 6.48. The Morgan fingerprint density at radius 1 is 1.41 bits per heavy atom. The molecule has 1 atom stereocenters. The van der Waals surface area contributed by atoms with Gasteiger partial charge in [-0.1, -0.05) is 6.92 Å². The Morgan fingerprint density at radius 3 is 2.88 bits per heavy atom. The number of nitrogen functional groups attached to an aromatic ring is 1. The molecule has 0 aliphatic heterocycles. The van der Waals surface area contributed by atoms with Crippen molar-refractivity contribution in [1.29, 1.82) is 0 Å². The van der Waals surface area contributed by atoms with Gasteiger partial charge in [0.05, 0.1) is 10.6 Å². The summed E-state index contributed by atoms with van der Waals surface area (Å²) in [5.74, 6) is 0.775. The van der Waals surface area contributed by atoms with Gasteiger partial charge in [-0.15, -0.1) is 11.3 Å². The fourth-order valence-electron chi connectivity index (χ4n) is 2.51. The van der Waals surface area contributed by atoms with Crippen LogP contribution in [0.5, 0.6) is 0 Å². The van der Waals surface area contributed by atoms with Crippen LogP contribution in [0.2, 0.25) is 0 Å². The van der Waals surface area contributed by atoms with Gasteiger partial charge in [-0.3, -0.25) is 4.79 Å². The minimum absolute atomic E-state index is 0.0528. The maximum Gasteiger partial charge on any atom is 0.254 e. The maximum atomic E-state index is 12.1. The molecule has 2 aliphatic rings. The Morgan fingerprint density at radius 2 is 2.18 bits per heavy atom. The number of nitrogens with two attached hydrogens (primary N) is 1. The van der Waals surface area contributed by atoms with Gasteiger partial charge in [-0.2, -0.15) is 0 Å². The topological polar surface area (TPSA) is 55.1 Å². The fourth-order valence-corrected chi connectivity index (χ4v) is 3.78. The summed E-state index contributed by atoms with van der Waals surface area (Å²) in [6.07, 6.45) is 5.51. The fraction of sp³-hybridized carbons (Fsp3) is 0.615. The minimum atomic E-state index is 0.0528. The molecule has 3 N–H and O–H groups in total. The zero-order chi connectivity index (χ0) is 12.0. The number of hydrogen-bond donors (Lipinski definition) is 2. The lowest BCUT2D eigenvalue weighted by atomic mass is 9.88. The van der Waals surface area contributed by atoms with E-state index in [9.17, 15) is 4.79 Å². The molecule has 1 aromatic heterocycles. The number of thiophene rings is 1. The third-order valence-electron chi connectivity index (χ3n) is 3.68. The van der Waals surface area contributed by atoms with Crippen molar-refractivity contribution in [2.24, 2.45) is 5.92 Å². The van der Waals surface area contributed by atoms with Crippen molar-refractivity contribution in [1.82, 2.24) is 5.32 Å². The first kappa shape index (κ1) is 11.1. The van der Waals surface area contributed by atoms with Crippen LogP contribution in [0.15, 0.2) is 0 Å². The predicted octanol–water partition coefficient (Wildman–Crippen LogP) is 2.35. The molecule has 4 heteroatoms. The summed E-state index contributed by atoms with van der Waals surface area (Å²) in [7, 11) is 0. The number of fused-ring (bicyclic) bond motifs is 1. The molecule has 3 nitrogen and oxygen atoms in total. The monoisotopic (exact) mass is 250 g/mol. The Balaban J connectivity index is 1.90. The summed E-state index contributed by atoms with van der Waals surface area (Å²) in [4.78, 5) is 13.5. The smallest absolute Gasteiger partial charge is 0.254 e. The van der Waals surface area contributed by atoms with Crippen molar-refractivity contribution < 1.29 is 4.79 Å². The summed E-state index contributed by atoms with van der Waals surface area (Å²) in [6.45, 7) is 2.27. The molecule has 1 fully saturated rings. The van der Waals surface area contributed by atoms with E-state index in [4.69, 9.17) is 5.73 Å². The van der Waals surface area contributed by atoms with Crippen molar-refractivity contribution in [2.45, 2.75) is 45.1 Å². The number of nitrogens with one attached hydrogen (secondary N) is 1. The molecule has 1 aromatic rings. The SMILES string of the molecule is C[C@H]1CCc2c(sc(N)c2C(=O)NC2CC2)C1. The highest BCUT2D eigenvalue weighted by Crippen LogP contribution is 2.38. The summed E-state index contributed by atoms with van der Waals surface area (Å²) in [5.41, 5.74) is 8.03. The molecule has 0 unspecified atom stereocenters. The molecule has 0 aromatic carbocycles. The van der Waals surface area contributed by atoms with Crippen LogP contribution >= 0.6 is 11.3 Å². The van der Waals surface area contributed by atoms with Crippen LogP contribution in [0.25, 0.3) is 0 Å². The highest BCUT2D eigenvalue weighted by atomic mass is 32.1. The van der Waals surface area contributed by atoms with E-state index in [2.05, 4.69) is 12.2 Å². The quantitative estimate of drug-likeness (QED) is 0.846. The second-order valence-electron chi connectivity index (χ2n) is 5.34. The van der Waals surface area contributed by atoms with Gasteiger partial charge in [-0.05, 0) is 43.6 Å². The zero-order valence-corrected chi connectivity index (χ0v) is 10.9. The summed E-state index contributed by atoms with van der Waals surface area (Å²) in [5, 5.41) is 3.76. The van der Waals surface area contributed by atoms with E-state index in [0.29, 0.717) is 11.0 Å². The Hall–Kier alpha value is -1.03. The van der Waals surface area contributed by atoms with Crippen LogP contribution in [-0.2, 0) is 12.8 Å². The van der Waals surface area contributed by atoms with E-state index < -0.39 is 0 Å². The van der Waals surface area contributed by atoms with Crippen LogP contribution in [0.1, 0.15) is 47.0 Å². The molecule has 1 saturated carbocycles. The van der Waals surface area contributed by atoms with Crippen molar-refractivity contribution in [3.05, 3.63) is 16.0 Å². The molecule has 0 saturated heterocycles. The van der Waals surface area contributed by atoms with Crippen LogP contribution < -0.4 is 11.1 Å². The number of amides is 1. The van der Waals surface area contributed by atoms with Gasteiger partial charge in [0, 0.05) is 10.9 Å². The third-order valence-corrected chi connectivity index (χ3v) is 4.76. The van der Waals surface area contributed by atoms with Gasteiger partial charge in [0.2, 0.25) is 0 Å². The lowest BCUT2D eigenvalue weighted by molar-refractivity contribution is 0.0951. The van der Waals surface area contributed by atoms with Gasteiger partial charge >= 0.3 is 0 Å². The van der Waals surface area contributed by atoms with Gasteiger partial charge in [0.1, 0.15) is 0 Å². The van der Waals surface area contributed by atoms with Crippen LogP contribution in [0.3, 0.4) is 0 Å². The molecule has 0 spiro atoms. The molecule has 92 valence electrons. The number of carbonyl (C=O) groups is 1. The normalized spacial score (nSPS) is 23.2. The summed E-state index contributed by atoms with van der Waals surface area (Å²) in [6, 6.07) is 0.403.